The Kier molecular flexibility index (Phi) is 5.25. The number of methoxy groups -OCH3 is 1. The summed E-state index contributed by atoms with van der Waals surface area (Å²) in [5, 5.41) is 0. The van der Waals surface area contributed by atoms with Gasteiger partial charge in [0.25, 0.3) is 0 Å². The summed E-state index contributed by atoms with van der Waals surface area (Å²) in [5.74, 6) is 0. The minimum absolute atomic E-state index is 0.200. The lowest BCUT2D eigenvalue weighted by Crippen LogP contribution is -2.29. The Hall–Kier alpha value is -0.580. The van der Waals surface area contributed by atoms with Crippen molar-refractivity contribution >= 4 is 21.6 Å². The van der Waals surface area contributed by atoms with E-state index in [1.807, 2.05) is 6.92 Å². The maximum atomic E-state index is 5.85. The van der Waals surface area contributed by atoms with Gasteiger partial charge in [0.15, 0.2) is 0 Å². The van der Waals surface area contributed by atoms with Gasteiger partial charge in [-0.1, -0.05) is 6.07 Å². The van der Waals surface area contributed by atoms with Crippen LogP contribution in [0.4, 0.5) is 5.69 Å². The van der Waals surface area contributed by atoms with Crippen LogP contribution in [-0.2, 0) is 11.2 Å². The normalized spacial score (nSPS) is 16.4. The topological polar surface area (TPSA) is 38.5 Å². The first-order valence-corrected chi connectivity index (χ1v) is 7.70. The molecule has 0 bridgehead atoms. The van der Waals surface area contributed by atoms with Gasteiger partial charge in [-0.05, 0) is 59.8 Å². The van der Waals surface area contributed by atoms with Crippen LogP contribution in [0.2, 0.25) is 0 Å². The largest absolute Gasteiger partial charge is 0.383 e. The van der Waals surface area contributed by atoms with Crippen LogP contribution in [0.15, 0.2) is 22.7 Å². The van der Waals surface area contributed by atoms with E-state index >= 15 is 0 Å². The fraction of sp³-hybridized carbons (Fsp3) is 0.600. The lowest BCUT2D eigenvalue weighted by atomic mass is 10.1. The predicted octanol–water partition coefficient (Wildman–Crippen LogP) is 2.95. The zero-order chi connectivity index (χ0) is 13.8. The molecule has 1 aromatic rings. The first-order valence-electron chi connectivity index (χ1n) is 6.91. The fourth-order valence-electron chi connectivity index (χ4n) is 2.36. The molecule has 1 aliphatic rings. The standard InChI is InChI=1S/C15H23BrN2O/c1-11(17)9-12-3-6-15(14(16)10-12)18(7-8-19-2)13-4-5-13/h3,6,10-11,13H,4-5,7-9,17H2,1-2H3. The number of nitrogens with zero attached hydrogens (tertiary/aromatic N) is 1. The van der Waals surface area contributed by atoms with Crippen molar-refractivity contribution in [3.8, 4) is 0 Å². The van der Waals surface area contributed by atoms with Gasteiger partial charge in [-0.25, -0.2) is 0 Å². The second-order valence-corrected chi connectivity index (χ2v) is 6.24. The highest BCUT2D eigenvalue weighted by Crippen LogP contribution is 2.36. The molecule has 1 fully saturated rings. The van der Waals surface area contributed by atoms with Gasteiger partial charge in [-0.2, -0.15) is 0 Å². The van der Waals surface area contributed by atoms with Crippen molar-refractivity contribution in [1.82, 2.24) is 0 Å². The Morgan fingerprint density at radius 1 is 1.47 bits per heavy atom. The summed E-state index contributed by atoms with van der Waals surface area (Å²) in [6.07, 6.45) is 3.50. The smallest absolute Gasteiger partial charge is 0.0637 e. The van der Waals surface area contributed by atoms with Gasteiger partial charge in [-0.3, -0.25) is 0 Å². The van der Waals surface area contributed by atoms with E-state index in [0.29, 0.717) is 6.04 Å². The van der Waals surface area contributed by atoms with E-state index in [2.05, 4.69) is 39.0 Å². The van der Waals surface area contributed by atoms with Gasteiger partial charge >= 0.3 is 0 Å². The van der Waals surface area contributed by atoms with E-state index in [4.69, 9.17) is 10.5 Å². The third-order valence-corrected chi connectivity index (χ3v) is 4.04. The summed E-state index contributed by atoms with van der Waals surface area (Å²) >= 11 is 3.70. The molecule has 106 valence electrons. The Balaban J connectivity index is 2.13. The van der Waals surface area contributed by atoms with Gasteiger partial charge in [0.2, 0.25) is 0 Å². The first kappa shape index (κ1) is 14.8. The molecule has 0 spiro atoms. The first-order chi connectivity index (χ1) is 9.11. The molecule has 1 saturated carbocycles. The van der Waals surface area contributed by atoms with Gasteiger partial charge in [0, 0.05) is 30.2 Å². The van der Waals surface area contributed by atoms with E-state index in [9.17, 15) is 0 Å². The van der Waals surface area contributed by atoms with E-state index < -0.39 is 0 Å². The monoisotopic (exact) mass is 326 g/mol. The molecule has 0 heterocycles. The zero-order valence-electron chi connectivity index (χ0n) is 11.7. The third-order valence-electron chi connectivity index (χ3n) is 3.40. The van der Waals surface area contributed by atoms with Crippen LogP contribution in [0.25, 0.3) is 0 Å². The second-order valence-electron chi connectivity index (χ2n) is 5.38. The van der Waals surface area contributed by atoms with Gasteiger partial charge in [0.05, 0.1) is 12.3 Å². The highest BCUT2D eigenvalue weighted by Gasteiger charge is 2.29. The molecule has 2 N–H and O–H groups in total. The molecule has 0 aromatic heterocycles. The lowest BCUT2D eigenvalue weighted by molar-refractivity contribution is 0.205. The van der Waals surface area contributed by atoms with Gasteiger partial charge in [-0.15, -0.1) is 0 Å². The highest BCUT2D eigenvalue weighted by atomic mass is 79.9. The number of halogens is 1. The minimum atomic E-state index is 0.200. The van der Waals surface area contributed by atoms with Crippen molar-refractivity contribution < 1.29 is 4.74 Å². The molecule has 0 saturated heterocycles. The van der Waals surface area contributed by atoms with Gasteiger partial charge in [0.1, 0.15) is 0 Å². The molecule has 0 aliphatic heterocycles. The second kappa shape index (κ2) is 6.73. The Bertz CT molecular complexity index is 419. The number of nitrogens with two attached hydrogens (primary N) is 1. The highest BCUT2D eigenvalue weighted by molar-refractivity contribution is 9.10. The summed E-state index contributed by atoms with van der Waals surface area (Å²) in [6, 6.07) is 7.47. The van der Waals surface area contributed by atoms with E-state index in [1.165, 1.54) is 24.1 Å². The zero-order valence-corrected chi connectivity index (χ0v) is 13.3. The van der Waals surface area contributed by atoms with E-state index in [1.54, 1.807) is 7.11 Å². The number of hydrogen-bond donors (Lipinski definition) is 1. The SMILES string of the molecule is COCCN(c1ccc(CC(C)N)cc1Br)C1CC1. The maximum absolute atomic E-state index is 5.85. The molecule has 4 heteroatoms. The van der Waals surface area contributed by atoms with Crippen LogP contribution < -0.4 is 10.6 Å². The van der Waals surface area contributed by atoms with Crippen LogP contribution in [0.1, 0.15) is 25.3 Å². The molecule has 1 aliphatic carbocycles. The average molecular weight is 327 g/mol. The van der Waals surface area contributed by atoms with Crippen molar-refractivity contribution in [2.24, 2.45) is 5.73 Å². The molecule has 2 rings (SSSR count). The van der Waals surface area contributed by atoms with Gasteiger partial charge < -0.3 is 15.4 Å². The molecule has 1 aromatic carbocycles. The molecular weight excluding hydrogens is 304 g/mol. The van der Waals surface area contributed by atoms with E-state index in [0.717, 1.165) is 24.0 Å². The number of anilines is 1. The Morgan fingerprint density at radius 3 is 2.74 bits per heavy atom. The quantitative estimate of drug-likeness (QED) is 0.837. The number of hydrogen-bond acceptors (Lipinski definition) is 3. The Labute approximate surface area is 124 Å². The van der Waals surface area contributed by atoms with Crippen molar-refractivity contribution in [2.45, 2.75) is 38.3 Å². The summed E-state index contributed by atoms with van der Waals surface area (Å²) in [4.78, 5) is 2.45. The molecule has 1 atom stereocenters. The third kappa shape index (κ3) is 4.20. The molecule has 0 amide bonds. The van der Waals surface area contributed by atoms with E-state index in [-0.39, 0.29) is 6.04 Å². The maximum Gasteiger partial charge on any atom is 0.0637 e. The van der Waals surface area contributed by atoms with Crippen molar-refractivity contribution in [2.75, 3.05) is 25.2 Å². The van der Waals surface area contributed by atoms with Crippen LogP contribution in [0.3, 0.4) is 0 Å². The summed E-state index contributed by atoms with van der Waals surface area (Å²) in [5.41, 5.74) is 8.41. The van der Waals surface area contributed by atoms with Crippen LogP contribution in [-0.4, -0.2) is 32.3 Å². The summed E-state index contributed by atoms with van der Waals surface area (Å²) < 4.78 is 6.38. The fourth-order valence-corrected chi connectivity index (χ4v) is 3.01. The lowest BCUT2D eigenvalue weighted by Gasteiger charge is -2.26. The van der Waals surface area contributed by atoms with Crippen molar-refractivity contribution in [1.29, 1.82) is 0 Å². The molecule has 3 nitrogen and oxygen atoms in total. The number of rotatable bonds is 7. The molecular formula is C15H23BrN2O. The predicted molar refractivity (Wildman–Crippen MR) is 83.7 cm³/mol. The van der Waals surface area contributed by atoms with Crippen molar-refractivity contribution in [3.05, 3.63) is 28.2 Å². The van der Waals surface area contributed by atoms with Crippen LogP contribution in [0.5, 0.6) is 0 Å². The summed E-state index contributed by atoms with van der Waals surface area (Å²) in [6.45, 7) is 3.76. The van der Waals surface area contributed by atoms with Crippen LogP contribution in [0, 0.1) is 0 Å². The molecule has 1 unspecified atom stereocenters. The van der Waals surface area contributed by atoms with Crippen LogP contribution >= 0.6 is 15.9 Å². The summed E-state index contributed by atoms with van der Waals surface area (Å²) in [7, 11) is 1.76. The molecule has 0 radical (unpaired) electrons. The number of benzene rings is 1. The Morgan fingerprint density at radius 2 is 2.21 bits per heavy atom. The molecule has 19 heavy (non-hydrogen) atoms. The van der Waals surface area contributed by atoms with Crippen molar-refractivity contribution in [3.63, 3.8) is 0 Å². The average Bonchev–Trinajstić information content (AvgIpc) is 3.15. The number of ether oxygens (including phenoxy) is 1. The minimum Gasteiger partial charge on any atom is -0.383 e.